The first kappa shape index (κ1) is 13.6. The van der Waals surface area contributed by atoms with E-state index in [9.17, 15) is 0 Å². The van der Waals surface area contributed by atoms with Crippen molar-refractivity contribution in [1.29, 1.82) is 0 Å². The molecule has 2 aromatic heterocycles. The number of anilines is 2. The zero-order chi connectivity index (χ0) is 14.1. The Labute approximate surface area is 123 Å². The molecule has 0 amide bonds. The minimum Gasteiger partial charge on any atom is -0.354 e. The van der Waals surface area contributed by atoms with Gasteiger partial charge in [0.25, 0.3) is 0 Å². The predicted molar refractivity (Wildman–Crippen MR) is 85.9 cm³/mol. The van der Waals surface area contributed by atoms with Crippen molar-refractivity contribution in [3.05, 3.63) is 11.4 Å². The summed E-state index contributed by atoms with van der Waals surface area (Å²) in [6.45, 7) is 8.35. The number of likely N-dealkylation sites (N-methyl/N-ethyl adjacent to an activating group) is 1. The molecule has 2 aromatic rings. The smallest absolute Gasteiger partial charge is 0.226 e. The standard InChI is InChI=1S/C14H21N5S/c1-4-15-14-16-12(11-5-8-20-13(11)17-14)19-7-6-18(3)9-10(19)2/h5,8,10H,4,6-7,9H2,1-3H3,(H,15,16,17). The van der Waals surface area contributed by atoms with Gasteiger partial charge in [-0.2, -0.15) is 4.98 Å². The lowest BCUT2D eigenvalue weighted by molar-refractivity contribution is 0.275. The number of thiophene rings is 1. The molecule has 0 saturated carbocycles. The topological polar surface area (TPSA) is 44.3 Å². The number of hydrogen-bond acceptors (Lipinski definition) is 6. The van der Waals surface area contributed by atoms with Crippen molar-refractivity contribution in [3.63, 3.8) is 0 Å². The largest absolute Gasteiger partial charge is 0.354 e. The highest BCUT2D eigenvalue weighted by atomic mass is 32.1. The molecule has 1 N–H and O–H groups in total. The summed E-state index contributed by atoms with van der Waals surface area (Å²) in [5, 5.41) is 6.51. The Morgan fingerprint density at radius 2 is 2.25 bits per heavy atom. The molecule has 1 aliphatic rings. The summed E-state index contributed by atoms with van der Waals surface area (Å²) in [5.41, 5.74) is 0. The number of nitrogens with one attached hydrogen (secondary N) is 1. The fourth-order valence-electron chi connectivity index (χ4n) is 2.75. The van der Waals surface area contributed by atoms with E-state index in [0.717, 1.165) is 42.8 Å². The van der Waals surface area contributed by atoms with Crippen LogP contribution in [-0.2, 0) is 0 Å². The van der Waals surface area contributed by atoms with Gasteiger partial charge in [0.1, 0.15) is 10.6 Å². The quantitative estimate of drug-likeness (QED) is 0.940. The number of aromatic nitrogens is 2. The van der Waals surface area contributed by atoms with Gasteiger partial charge in [-0.05, 0) is 32.3 Å². The second kappa shape index (κ2) is 5.54. The van der Waals surface area contributed by atoms with Gasteiger partial charge in [-0.3, -0.25) is 0 Å². The van der Waals surface area contributed by atoms with Gasteiger partial charge in [0.05, 0.1) is 5.39 Å². The molecule has 3 rings (SSSR count). The van der Waals surface area contributed by atoms with Crippen LogP contribution in [0.4, 0.5) is 11.8 Å². The lowest BCUT2D eigenvalue weighted by Gasteiger charge is -2.39. The third-order valence-corrected chi connectivity index (χ3v) is 4.55. The summed E-state index contributed by atoms with van der Waals surface area (Å²) in [6, 6.07) is 2.61. The Hall–Kier alpha value is -1.40. The second-order valence-electron chi connectivity index (χ2n) is 5.35. The fraction of sp³-hybridized carbons (Fsp3) is 0.571. The Balaban J connectivity index is 2.02. The van der Waals surface area contributed by atoms with Crippen molar-refractivity contribution in [1.82, 2.24) is 14.9 Å². The van der Waals surface area contributed by atoms with Crippen LogP contribution in [0.2, 0.25) is 0 Å². The lowest BCUT2D eigenvalue weighted by atomic mass is 10.2. The van der Waals surface area contributed by atoms with Gasteiger partial charge < -0.3 is 15.1 Å². The third-order valence-electron chi connectivity index (χ3n) is 3.74. The van der Waals surface area contributed by atoms with Gasteiger partial charge >= 0.3 is 0 Å². The minimum atomic E-state index is 0.473. The summed E-state index contributed by atoms with van der Waals surface area (Å²) >= 11 is 1.68. The molecule has 0 aliphatic carbocycles. The predicted octanol–water partition coefficient (Wildman–Crippen LogP) is 2.26. The van der Waals surface area contributed by atoms with Crippen LogP contribution in [-0.4, -0.2) is 54.1 Å². The first-order valence-corrected chi connectivity index (χ1v) is 8.01. The highest BCUT2D eigenvalue weighted by molar-refractivity contribution is 7.16. The third kappa shape index (κ3) is 2.45. The maximum Gasteiger partial charge on any atom is 0.226 e. The van der Waals surface area contributed by atoms with Crippen LogP contribution in [0.15, 0.2) is 11.4 Å². The van der Waals surface area contributed by atoms with Crippen LogP contribution in [0.5, 0.6) is 0 Å². The molecule has 6 heteroatoms. The fourth-order valence-corrected chi connectivity index (χ4v) is 3.51. The maximum atomic E-state index is 4.75. The molecule has 1 atom stereocenters. The molecule has 1 saturated heterocycles. The summed E-state index contributed by atoms with van der Waals surface area (Å²) in [4.78, 5) is 15.2. The van der Waals surface area contributed by atoms with E-state index in [4.69, 9.17) is 4.98 Å². The number of fused-ring (bicyclic) bond motifs is 1. The van der Waals surface area contributed by atoms with E-state index >= 15 is 0 Å². The molecule has 20 heavy (non-hydrogen) atoms. The van der Waals surface area contributed by atoms with Crippen molar-refractivity contribution in [3.8, 4) is 0 Å². The number of nitrogens with zero attached hydrogens (tertiary/aromatic N) is 4. The normalized spacial score (nSPS) is 20.6. The van der Waals surface area contributed by atoms with Crippen molar-refractivity contribution in [2.45, 2.75) is 19.9 Å². The van der Waals surface area contributed by atoms with Gasteiger partial charge in [-0.1, -0.05) is 0 Å². The van der Waals surface area contributed by atoms with E-state index in [2.05, 4.69) is 52.4 Å². The monoisotopic (exact) mass is 291 g/mol. The van der Waals surface area contributed by atoms with Crippen molar-refractivity contribution in [2.24, 2.45) is 0 Å². The Morgan fingerprint density at radius 3 is 3.00 bits per heavy atom. The zero-order valence-corrected chi connectivity index (χ0v) is 13.1. The van der Waals surface area contributed by atoms with Crippen molar-refractivity contribution < 1.29 is 0 Å². The van der Waals surface area contributed by atoms with E-state index in [1.807, 2.05) is 0 Å². The first-order valence-electron chi connectivity index (χ1n) is 7.13. The van der Waals surface area contributed by atoms with Gasteiger partial charge in [0, 0.05) is 32.2 Å². The molecule has 1 fully saturated rings. The van der Waals surface area contributed by atoms with Crippen LogP contribution in [0.25, 0.3) is 10.2 Å². The summed E-state index contributed by atoms with van der Waals surface area (Å²) in [6.07, 6.45) is 0. The van der Waals surface area contributed by atoms with Crippen LogP contribution < -0.4 is 10.2 Å². The molecular formula is C14H21N5S. The Bertz CT molecular complexity index is 596. The van der Waals surface area contributed by atoms with Crippen molar-refractivity contribution >= 4 is 33.3 Å². The molecule has 0 spiro atoms. The Kier molecular flexibility index (Phi) is 3.76. The van der Waals surface area contributed by atoms with Gasteiger partial charge in [0.2, 0.25) is 5.95 Å². The highest BCUT2D eigenvalue weighted by Gasteiger charge is 2.25. The van der Waals surface area contributed by atoms with E-state index < -0.39 is 0 Å². The van der Waals surface area contributed by atoms with E-state index in [0.29, 0.717) is 6.04 Å². The second-order valence-corrected chi connectivity index (χ2v) is 6.24. The van der Waals surface area contributed by atoms with Crippen molar-refractivity contribution in [2.75, 3.05) is 43.4 Å². The number of hydrogen-bond donors (Lipinski definition) is 1. The molecule has 1 aliphatic heterocycles. The number of piperazine rings is 1. The first-order chi connectivity index (χ1) is 9.69. The van der Waals surface area contributed by atoms with E-state index in [1.165, 1.54) is 5.39 Å². The van der Waals surface area contributed by atoms with Crippen LogP contribution in [0, 0.1) is 0 Å². The molecule has 3 heterocycles. The average Bonchev–Trinajstić information content (AvgIpc) is 2.86. The van der Waals surface area contributed by atoms with E-state index in [1.54, 1.807) is 11.3 Å². The molecule has 0 bridgehead atoms. The van der Waals surface area contributed by atoms with Crippen LogP contribution >= 0.6 is 11.3 Å². The Morgan fingerprint density at radius 1 is 1.40 bits per heavy atom. The summed E-state index contributed by atoms with van der Waals surface area (Å²) < 4.78 is 0. The van der Waals surface area contributed by atoms with Gasteiger partial charge in [0.15, 0.2) is 0 Å². The molecule has 1 unspecified atom stereocenters. The summed E-state index contributed by atoms with van der Waals surface area (Å²) in [7, 11) is 2.18. The molecular weight excluding hydrogens is 270 g/mol. The number of rotatable bonds is 3. The maximum absolute atomic E-state index is 4.75. The van der Waals surface area contributed by atoms with Gasteiger partial charge in [-0.25, -0.2) is 4.98 Å². The summed E-state index contributed by atoms with van der Waals surface area (Å²) in [5.74, 6) is 1.82. The van der Waals surface area contributed by atoms with Gasteiger partial charge in [-0.15, -0.1) is 11.3 Å². The van der Waals surface area contributed by atoms with Crippen LogP contribution in [0.1, 0.15) is 13.8 Å². The van der Waals surface area contributed by atoms with Crippen LogP contribution in [0.3, 0.4) is 0 Å². The molecule has 0 aromatic carbocycles. The average molecular weight is 291 g/mol. The molecule has 108 valence electrons. The molecule has 0 radical (unpaired) electrons. The highest BCUT2D eigenvalue weighted by Crippen LogP contribution is 2.31. The van der Waals surface area contributed by atoms with E-state index in [-0.39, 0.29) is 0 Å². The SMILES string of the molecule is CCNc1nc(N2CCN(C)CC2C)c2ccsc2n1. The minimum absolute atomic E-state index is 0.473. The zero-order valence-electron chi connectivity index (χ0n) is 12.3. The molecule has 5 nitrogen and oxygen atoms in total. The lowest BCUT2D eigenvalue weighted by Crippen LogP contribution is -2.50.